The van der Waals surface area contributed by atoms with Gasteiger partial charge in [0.25, 0.3) is 0 Å². The van der Waals surface area contributed by atoms with Crippen LogP contribution < -0.4 is 10.6 Å². The van der Waals surface area contributed by atoms with Gasteiger partial charge in [-0.3, -0.25) is 4.90 Å². The minimum absolute atomic E-state index is 0.212. The van der Waals surface area contributed by atoms with Crippen molar-refractivity contribution in [2.75, 3.05) is 26.2 Å². The van der Waals surface area contributed by atoms with Crippen LogP contribution in [0, 0.1) is 10.8 Å². The van der Waals surface area contributed by atoms with Crippen molar-refractivity contribution in [3.05, 3.63) is 35.9 Å². The van der Waals surface area contributed by atoms with Crippen LogP contribution >= 0.6 is 0 Å². The van der Waals surface area contributed by atoms with Crippen LogP contribution in [0.3, 0.4) is 0 Å². The Morgan fingerprint density at radius 1 is 0.650 bits per heavy atom. The third-order valence-electron chi connectivity index (χ3n) is 6.85. The zero-order chi connectivity index (χ0) is 30.5. The second-order valence-corrected chi connectivity index (χ2v) is 14.7. The van der Waals surface area contributed by atoms with Crippen LogP contribution in [0.25, 0.3) is 0 Å². The van der Waals surface area contributed by atoms with Gasteiger partial charge in [-0.1, -0.05) is 58.0 Å². The molecule has 0 unspecified atom stereocenters. The summed E-state index contributed by atoms with van der Waals surface area (Å²) in [5.74, 6) is 0. The molecule has 0 aromatic heterocycles. The van der Waals surface area contributed by atoms with E-state index in [2.05, 4.69) is 73.6 Å². The Morgan fingerprint density at radius 3 is 1.62 bits per heavy atom. The molecule has 0 saturated heterocycles. The fourth-order valence-electron chi connectivity index (χ4n) is 4.38. The van der Waals surface area contributed by atoms with Gasteiger partial charge in [-0.25, -0.2) is 9.59 Å². The molecule has 1 aromatic rings. The SMILES string of the molecule is CC(C)(CCCNC(=O)OC(C)(C)C)CCC(C)(C)CCN(CCCNC(=O)OC(C)(C)C)Cc1ccccc1. The van der Waals surface area contributed by atoms with Gasteiger partial charge in [-0.15, -0.1) is 0 Å². The molecule has 0 fully saturated rings. The molecule has 7 nitrogen and oxygen atoms in total. The number of alkyl carbamates (subject to hydrolysis) is 2. The van der Waals surface area contributed by atoms with E-state index in [0.717, 1.165) is 58.2 Å². The molecule has 230 valence electrons. The summed E-state index contributed by atoms with van der Waals surface area (Å²) in [6.07, 6.45) is 5.58. The smallest absolute Gasteiger partial charge is 0.407 e. The van der Waals surface area contributed by atoms with Gasteiger partial charge in [-0.05, 0) is 103 Å². The second kappa shape index (κ2) is 16.2. The third-order valence-corrected chi connectivity index (χ3v) is 6.85. The second-order valence-electron chi connectivity index (χ2n) is 14.7. The quantitative estimate of drug-likeness (QED) is 0.200. The molecular weight excluding hydrogens is 502 g/mol. The minimum Gasteiger partial charge on any atom is -0.444 e. The van der Waals surface area contributed by atoms with E-state index in [-0.39, 0.29) is 23.0 Å². The van der Waals surface area contributed by atoms with Crippen molar-refractivity contribution >= 4 is 12.2 Å². The Labute approximate surface area is 245 Å². The van der Waals surface area contributed by atoms with Crippen molar-refractivity contribution in [3.8, 4) is 0 Å². The van der Waals surface area contributed by atoms with Crippen LogP contribution in [0.1, 0.15) is 113 Å². The van der Waals surface area contributed by atoms with Crippen molar-refractivity contribution in [3.63, 3.8) is 0 Å². The zero-order valence-corrected chi connectivity index (χ0v) is 27.2. The summed E-state index contributed by atoms with van der Waals surface area (Å²) in [6.45, 7) is 24.7. The average molecular weight is 562 g/mol. The van der Waals surface area contributed by atoms with Crippen molar-refractivity contribution in [2.45, 2.75) is 126 Å². The standard InChI is InChI=1S/C33H59N3O4/c1-30(2,3)39-28(37)34-22-14-18-32(7,8)19-20-33(9,10)21-25-36(26-27-16-12-11-13-17-27)24-15-23-35-29(38)40-31(4,5)6/h11-13,16-17H,14-15,18-26H2,1-10H3,(H,34,37)(H,35,38). The molecule has 1 rings (SSSR count). The van der Waals surface area contributed by atoms with Crippen molar-refractivity contribution < 1.29 is 19.1 Å². The Hall–Kier alpha value is -2.28. The van der Waals surface area contributed by atoms with Crippen LogP contribution in [-0.2, 0) is 16.0 Å². The summed E-state index contributed by atoms with van der Waals surface area (Å²) in [5.41, 5.74) is 0.782. The maximum atomic E-state index is 12.0. The topological polar surface area (TPSA) is 79.9 Å². The maximum Gasteiger partial charge on any atom is 0.407 e. The predicted octanol–water partition coefficient (Wildman–Crippen LogP) is 7.93. The lowest BCUT2D eigenvalue weighted by molar-refractivity contribution is 0.0514. The maximum absolute atomic E-state index is 12.0. The highest BCUT2D eigenvalue weighted by atomic mass is 16.6. The number of rotatable bonds is 16. The Bertz CT molecular complexity index is 870. The summed E-state index contributed by atoms with van der Waals surface area (Å²) in [6, 6.07) is 10.6. The number of nitrogens with one attached hydrogen (secondary N) is 2. The van der Waals surface area contributed by atoms with E-state index in [1.807, 2.05) is 41.5 Å². The van der Waals surface area contributed by atoms with Gasteiger partial charge >= 0.3 is 12.2 Å². The Balaban J connectivity index is 2.52. The van der Waals surface area contributed by atoms with Gasteiger partial charge in [0, 0.05) is 26.2 Å². The number of carbonyl (C=O) groups is 2. The first-order valence-electron chi connectivity index (χ1n) is 15.1. The van der Waals surface area contributed by atoms with Gasteiger partial charge in [0.2, 0.25) is 0 Å². The molecular formula is C33H59N3O4. The first-order chi connectivity index (χ1) is 18.4. The minimum atomic E-state index is -0.486. The van der Waals surface area contributed by atoms with E-state index < -0.39 is 11.2 Å². The molecule has 2 amide bonds. The number of carbonyl (C=O) groups excluding carboxylic acids is 2. The van der Waals surface area contributed by atoms with Crippen LogP contribution in [0.15, 0.2) is 30.3 Å². The first kappa shape index (κ1) is 35.7. The number of benzene rings is 1. The van der Waals surface area contributed by atoms with E-state index >= 15 is 0 Å². The van der Waals surface area contributed by atoms with Crippen LogP contribution in [0.5, 0.6) is 0 Å². The molecule has 0 bridgehead atoms. The van der Waals surface area contributed by atoms with Gasteiger partial charge in [0.05, 0.1) is 0 Å². The highest BCUT2D eigenvalue weighted by molar-refractivity contribution is 5.67. The van der Waals surface area contributed by atoms with Crippen molar-refractivity contribution in [2.24, 2.45) is 10.8 Å². The monoisotopic (exact) mass is 561 g/mol. The fraction of sp³-hybridized carbons (Fsp3) is 0.758. The van der Waals surface area contributed by atoms with E-state index in [1.165, 1.54) is 5.56 Å². The van der Waals surface area contributed by atoms with E-state index in [4.69, 9.17) is 9.47 Å². The van der Waals surface area contributed by atoms with Crippen molar-refractivity contribution in [1.82, 2.24) is 15.5 Å². The average Bonchev–Trinajstić information content (AvgIpc) is 2.80. The summed E-state index contributed by atoms with van der Waals surface area (Å²) in [5, 5.41) is 5.76. The molecule has 0 radical (unpaired) electrons. The molecule has 0 aliphatic heterocycles. The Kier molecular flexibility index (Phi) is 14.5. The highest BCUT2D eigenvalue weighted by Gasteiger charge is 2.25. The van der Waals surface area contributed by atoms with E-state index in [9.17, 15) is 9.59 Å². The number of nitrogens with zero attached hydrogens (tertiary/aromatic N) is 1. The predicted molar refractivity (Wildman–Crippen MR) is 165 cm³/mol. The molecule has 0 aliphatic carbocycles. The van der Waals surface area contributed by atoms with E-state index in [0.29, 0.717) is 13.1 Å². The van der Waals surface area contributed by atoms with Crippen LogP contribution in [0.2, 0.25) is 0 Å². The van der Waals surface area contributed by atoms with Crippen LogP contribution in [-0.4, -0.2) is 54.5 Å². The van der Waals surface area contributed by atoms with Gasteiger partial charge in [0.15, 0.2) is 0 Å². The molecule has 40 heavy (non-hydrogen) atoms. The third kappa shape index (κ3) is 18.9. The number of hydrogen-bond donors (Lipinski definition) is 2. The molecule has 1 aromatic carbocycles. The summed E-state index contributed by atoms with van der Waals surface area (Å²) in [7, 11) is 0. The number of hydrogen-bond acceptors (Lipinski definition) is 5. The molecule has 0 saturated carbocycles. The zero-order valence-electron chi connectivity index (χ0n) is 27.2. The molecule has 0 atom stereocenters. The highest BCUT2D eigenvalue weighted by Crippen LogP contribution is 2.36. The summed E-state index contributed by atoms with van der Waals surface area (Å²) < 4.78 is 10.7. The van der Waals surface area contributed by atoms with Crippen molar-refractivity contribution in [1.29, 1.82) is 0 Å². The normalized spacial score (nSPS) is 12.8. The lowest BCUT2D eigenvalue weighted by Crippen LogP contribution is -2.35. The van der Waals surface area contributed by atoms with Crippen LogP contribution in [0.4, 0.5) is 9.59 Å². The lowest BCUT2D eigenvalue weighted by atomic mass is 9.75. The molecule has 2 N–H and O–H groups in total. The lowest BCUT2D eigenvalue weighted by Gasteiger charge is -2.33. The van der Waals surface area contributed by atoms with Gasteiger partial charge in [0.1, 0.15) is 11.2 Å². The van der Waals surface area contributed by atoms with E-state index in [1.54, 1.807) is 0 Å². The number of amides is 2. The first-order valence-corrected chi connectivity index (χ1v) is 15.1. The fourth-order valence-corrected chi connectivity index (χ4v) is 4.38. The number of ether oxygens (including phenoxy) is 2. The summed E-state index contributed by atoms with van der Waals surface area (Å²) >= 11 is 0. The largest absolute Gasteiger partial charge is 0.444 e. The Morgan fingerprint density at radius 2 is 1.12 bits per heavy atom. The molecule has 0 heterocycles. The molecule has 0 aliphatic rings. The molecule has 7 heteroatoms. The molecule has 0 spiro atoms. The van der Waals surface area contributed by atoms with Gasteiger partial charge in [-0.2, -0.15) is 0 Å². The van der Waals surface area contributed by atoms with Gasteiger partial charge < -0.3 is 20.1 Å². The summed E-state index contributed by atoms with van der Waals surface area (Å²) in [4.78, 5) is 26.4.